The van der Waals surface area contributed by atoms with Gasteiger partial charge in [-0.25, -0.2) is 4.52 Å². The van der Waals surface area contributed by atoms with Gasteiger partial charge in [-0.05, 0) is 55.2 Å². The van der Waals surface area contributed by atoms with Gasteiger partial charge >= 0.3 is 0 Å². The van der Waals surface area contributed by atoms with Crippen LogP contribution in [0.4, 0.5) is 5.69 Å². The van der Waals surface area contributed by atoms with E-state index in [9.17, 15) is 4.79 Å². The number of aromatic nitrogens is 3. The van der Waals surface area contributed by atoms with E-state index >= 15 is 0 Å². The highest BCUT2D eigenvalue weighted by molar-refractivity contribution is 6.42. The van der Waals surface area contributed by atoms with Gasteiger partial charge in [0.15, 0.2) is 5.82 Å². The summed E-state index contributed by atoms with van der Waals surface area (Å²) >= 11 is 18.5. The Morgan fingerprint density at radius 1 is 0.861 bits per heavy atom. The fourth-order valence-electron chi connectivity index (χ4n) is 4.94. The molecule has 0 atom stereocenters. The molecule has 0 fully saturated rings. The molecule has 0 bridgehead atoms. The molecule has 1 aliphatic rings. The van der Waals surface area contributed by atoms with Gasteiger partial charge in [0.05, 0.1) is 10.0 Å². The number of nitrogens with one attached hydrogen (secondary N) is 1. The van der Waals surface area contributed by atoms with Crippen LogP contribution in [0.1, 0.15) is 28.9 Å². The second kappa shape index (κ2) is 9.32. The SMILES string of the molecule is O=C(Nc1ccc(Cl)c(Cl)c1)c1c(-c2ccc(Cl)cc2)c2c3n(c(-c4ccccc4)nn13)CCCC2. The van der Waals surface area contributed by atoms with Crippen molar-refractivity contribution in [1.82, 2.24) is 14.2 Å². The average Bonchev–Trinajstić information content (AvgIpc) is 3.30. The van der Waals surface area contributed by atoms with Gasteiger partial charge < -0.3 is 9.88 Å². The van der Waals surface area contributed by atoms with Crippen molar-refractivity contribution in [2.75, 3.05) is 5.32 Å². The number of aryl methyl sites for hydroxylation is 2. The van der Waals surface area contributed by atoms with Crippen molar-refractivity contribution < 1.29 is 4.79 Å². The third-order valence-electron chi connectivity index (χ3n) is 6.54. The van der Waals surface area contributed by atoms with Crippen molar-refractivity contribution in [1.29, 1.82) is 0 Å². The van der Waals surface area contributed by atoms with Crippen molar-refractivity contribution >= 4 is 52.0 Å². The van der Waals surface area contributed by atoms with Crippen LogP contribution in [-0.2, 0) is 13.0 Å². The molecule has 8 heteroatoms. The molecule has 5 aromatic rings. The second-order valence-corrected chi connectivity index (χ2v) is 10.1. The number of hydrogen-bond donors (Lipinski definition) is 1. The van der Waals surface area contributed by atoms with E-state index in [-0.39, 0.29) is 5.91 Å². The molecule has 0 saturated carbocycles. The Morgan fingerprint density at radius 3 is 2.39 bits per heavy atom. The number of anilines is 1. The van der Waals surface area contributed by atoms with E-state index in [1.165, 1.54) is 0 Å². The summed E-state index contributed by atoms with van der Waals surface area (Å²) in [5, 5.41) is 9.45. The van der Waals surface area contributed by atoms with Crippen LogP contribution in [0.3, 0.4) is 0 Å². The molecule has 1 N–H and O–H groups in total. The molecule has 2 aromatic heterocycles. The minimum absolute atomic E-state index is 0.274. The molecule has 36 heavy (non-hydrogen) atoms. The number of carbonyl (C=O) groups excluding carboxylic acids is 1. The van der Waals surface area contributed by atoms with Crippen LogP contribution in [0.25, 0.3) is 28.2 Å². The van der Waals surface area contributed by atoms with E-state index in [0.29, 0.717) is 26.4 Å². The molecule has 0 aliphatic carbocycles. The number of carbonyl (C=O) groups is 1. The van der Waals surface area contributed by atoms with E-state index in [4.69, 9.17) is 39.9 Å². The molecule has 0 saturated heterocycles. The highest BCUT2D eigenvalue weighted by atomic mass is 35.5. The Morgan fingerprint density at radius 2 is 1.64 bits per heavy atom. The number of nitrogens with zero attached hydrogens (tertiary/aromatic N) is 3. The van der Waals surface area contributed by atoms with E-state index in [0.717, 1.165) is 59.5 Å². The zero-order valence-corrected chi connectivity index (χ0v) is 21.4. The van der Waals surface area contributed by atoms with Crippen LogP contribution in [0, 0.1) is 0 Å². The fourth-order valence-corrected chi connectivity index (χ4v) is 5.36. The maximum atomic E-state index is 13.9. The molecule has 1 amide bonds. The molecular formula is C28H21Cl3N4O. The standard InChI is InChI=1S/C28H21Cl3N4O/c29-19-11-9-17(10-12-19)24-21-8-4-5-15-34-26(18-6-2-1-3-7-18)33-35(28(21)34)25(24)27(36)32-20-13-14-22(30)23(31)16-20/h1-3,6-7,9-14,16H,4-5,8,15H2,(H,32,36). The molecule has 6 rings (SSSR count). The molecule has 180 valence electrons. The summed E-state index contributed by atoms with van der Waals surface area (Å²) in [6.45, 7) is 0.832. The summed E-state index contributed by atoms with van der Waals surface area (Å²) in [4.78, 5) is 13.9. The quantitative estimate of drug-likeness (QED) is 0.253. The largest absolute Gasteiger partial charge is 0.321 e. The first kappa shape index (κ1) is 23.2. The summed E-state index contributed by atoms with van der Waals surface area (Å²) in [5.74, 6) is 0.574. The normalized spacial score (nSPS) is 13.1. The van der Waals surface area contributed by atoms with Crippen molar-refractivity contribution in [3.05, 3.63) is 99.1 Å². The molecule has 1 aliphatic heterocycles. The Labute approximate surface area is 223 Å². The lowest BCUT2D eigenvalue weighted by molar-refractivity contribution is 0.102. The van der Waals surface area contributed by atoms with Crippen LogP contribution in [0.2, 0.25) is 15.1 Å². The van der Waals surface area contributed by atoms with E-state index in [1.807, 2.05) is 54.6 Å². The first-order valence-corrected chi connectivity index (χ1v) is 12.9. The molecule has 0 radical (unpaired) electrons. The highest BCUT2D eigenvalue weighted by Gasteiger charge is 2.30. The monoisotopic (exact) mass is 534 g/mol. The molecule has 3 aromatic carbocycles. The topological polar surface area (TPSA) is 51.3 Å². The van der Waals surface area contributed by atoms with Gasteiger partial charge in [-0.2, -0.15) is 0 Å². The maximum absolute atomic E-state index is 13.9. The molecule has 0 spiro atoms. The van der Waals surface area contributed by atoms with Gasteiger partial charge in [0.25, 0.3) is 5.91 Å². The lowest BCUT2D eigenvalue weighted by atomic mass is 9.98. The Balaban J connectivity index is 1.60. The zero-order chi connectivity index (χ0) is 24.8. The number of amides is 1. The number of halogens is 3. The summed E-state index contributed by atoms with van der Waals surface area (Å²) in [6, 6.07) is 22.7. The smallest absolute Gasteiger partial charge is 0.275 e. The predicted molar refractivity (Wildman–Crippen MR) is 146 cm³/mol. The first-order valence-electron chi connectivity index (χ1n) is 11.7. The van der Waals surface area contributed by atoms with E-state index in [1.54, 1.807) is 22.7 Å². The van der Waals surface area contributed by atoms with Crippen LogP contribution >= 0.6 is 34.8 Å². The zero-order valence-electron chi connectivity index (χ0n) is 19.1. The van der Waals surface area contributed by atoms with Gasteiger partial charge in [0, 0.05) is 33.9 Å². The lowest BCUT2D eigenvalue weighted by Crippen LogP contribution is -2.16. The summed E-state index contributed by atoms with van der Waals surface area (Å²) < 4.78 is 4.05. The van der Waals surface area contributed by atoms with E-state index in [2.05, 4.69) is 9.88 Å². The van der Waals surface area contributed by atoms with Gasteiger partial charge in [-0.1, -0.05) is 77.3 Å². The number of benzene rings is 3. The minimum atomic E-state index is -0.274. The number of hydrogen-bond acceptors (Lipinski definition) is 2. The summed E-state index contributed by atoms with van der Waals surface area (Å²) in [6.07, 6.45) is 2.90. The van der Waals surface area contributed by atoms with Crippen LogP contribution in [0.5, 0.6) is 0 Å². The van der Waals surface area contributed by atoms with Crippen LogP contribution in [0.15, 0.2) is 72.8 Å². The molecule has 5 nitrogen and oxygen atoms in total. The van der Waals surface area contributed by atoms with Gasteiger partial charge in [0.1, 0.15) is 11.3 Å². The Kier molecular flexibility index (Phi) is 6.00. The maximum Gasteiger partial charge on any atom is 0.275 e. The van der Waals surface area contributed by atoms with Crippen molar-refractivity contribution in [2.24, 2.45) is 0 Å². The van der Waals surface area contributed by atoms with Gasteiger partial charge in [0.2, 0.25) is 0 Å². The van der Waals surface area contributed by atoms with Gasteiger partial charge in [-0.3, -0.25) is 4.79 Å². The summed E-state index contributed by atoms with van der Waals surface area (Å²) in [5.41, 5.74) is 5.92. The molecule has 0 unspecified atom stereocenters. The summed E-state index contributed by atoms with van der Waals surface area (Å²) in [7, 11) is 0. The highest BCUT2D eigenvalue weighted by Crippen LogP contribution is 2.39. The third-order valence-corrected chi connectivity index (χ3v) is 7.53. The second-order valence-electron chi connectivity index (χ2n) is 8.83. The van der Waals surface area contributed by atoms with Crippen LogP contribution < -0.4 is 5.32 Å². The number of rotatable bonds is 4. The van der Waals surface area contributed by atoms with E-state index < -0.39 is 0 Å². The Bertz CT molecular complexity index is 1600. The third kappa shape index (κ3) is 3.97. The van der Waals surface area contributed by atoms with Gasteiger partial charge in [-0.15, -0.1) is 5.10 Å². The minimum Gasteiger partial charge on any atom is -0.321 e. The van der Waals surface area contributed by atoms with Crippen molar-refractivity contribution in [3.8, 4) is 22.5 Å². The fraction of sp³-hybridized carbons (Fsp3) is 0.143. The van der Waals surface area contributed by atoms with Crippen molar-refractivity contribution in [2.45, 2.75) is 25.8 Å². The first-order chi connectivity index (χ1) is 17.5. The van der Waals surface area contributed by atoms with Crippen LogP contribution in [-0.4, -0.2) is 20.1 Å². The average molecular weight is 536 g/mol. The predicted octanol–water partition coefficient (Wildman–Crippen LogP) is 8.02. The molecular weight excluding hydrogens is 515 g/mol. The van der Waals surface area contributed by atoms with Crippen molar-refractivity contribution in [3.63, 3.8) is 0 Å². The molecule has 3 heterocycles. The lowest BCUT2D eigenvalue weighted by Gasteiger charge is -2.10. The Hall–Kier alpha value is -3.25.